The molecule has 4 heteroatoms. The monoisotopic (exact) mass is 183 g/mol. The lowest BCUT2D eigenvalue weighted by atomic mass is 10.1. The van der Waals surface area contributed by atoms with Crippen LogP contribution in [0, 0.1) is 0 Å². The molecule has 0 saturated carbocycles. The third-order valence-corrected chi connectivity index (χ3v) is 1.50. The molecule has 0 heterocycles. The van der Waals surface area contributed by atoms with Crippen LogP contribution in [0.1, 0.15) is 19.3 Å². The molecule has 1 N–H and O–H groups in total. The number of hydrogen-bond donors (Lipinski definition) is 1. The van der Waals surface area contributed by atoms with Crippen molar-refractivity contribution < 1.29 is 14.4 Å². The Morgan fingerprint density at radius 2 is 1.85 bits per heavy atom. The van der Waals surface area contributed by atoms with Gasteiger partial charge in [0.15, 0.2) is 5.78 Å². The molecule has 0 aromatic carbocycles. The average Bonchev–Trinajstić information content (AvgIpc) is 2.13. The van der Waals surface area contributed by atoms with Gasteiger partial charge in [0, 0.05) is 26.3 Å². The summed E-state index contributed by atoms with van der Waals surface area (Å²) in [5, 5.41) is 2.37. The quantitative estimate of drug-likeness (QED) is 0.473. The number of rotatable bonds is 6. The van der Waals surface area contributed by atoms with Crippen molar-refractivity contribution in [1.82, 2.24) is 5.32 Å². The summed E-state index contributed by atoms with van der Waals surface area (Å²) in [4.78, 5) is 32.6. The molecule has 0 aliphatic heterocycles. The molecular formula is C9H13NO3. The van der Waals surface area contributed by atoms with E-state index in [0.29, 0.717) is 0 Å². The van der Waals surface area contributed by atoms with Crippen LogP contribution >= 0.6 is 0 Å². The molecule has 0 saturated heterocycles. The number of nitrogens with one attached hydrogen (secondary N) is 1. The number of carbonyl (C=O) groups excluding carboxylic acids is 3. The number of carbonyl (C=O) groups is 3. The minimum Gasteiger partial charge on any atom is -0.359 e. The second kappa shape index (κ2) is 6.11. The van der Waals surface area contributed by atoms with Gasteiger partial charge >= 0.3 is 0 Å². The Labute approximate surface area is 77.0 Å². The standard InChI is InChI=1S/C9H13NO3/c1-3-4-7(11)8(12)5-6-9(13)10-2/h3H,1,4-6H2,2H3,(H,10,13). The summed E-state index contributed by atoms with van der Waals surface area (Å²) in [6.45, 7) is 3.34. The minimum atomic E-state index is -0.511. The van der Waals surface area contributed by atoms with Crippen molar-refractivity contribution in [2.24, 2.45) is 0 Å². The lowest BCUT2D eigenvalue weighted by Crippen LogP contribution is -2.21. The molecule has 0 aromatic heterocycles. The maximum Gasteiger partial charge on any atom is 0.220 e. The zero-order valence-electron chi connectivity index (χ0n) is 7.63. The number of Topliss-reactive ketones (excluding diaryl/α,β-unsaturated/α-hetero) is 2. The SMILES string of the molecule is C=CCC(=O)C(=O)CCC(=O)NC. The number of hydrogen-bond acceptors (Lipinski definition) is 3. The molecule has 0 fully saturated rings. The molecule has 4 nitrogen and oxygen atoms in total. The van der Waals surface area contributed by atoms with E-state index in [2.05, 4.69) is 11.9 Å². The molecule has 0 aromatic rings. The van der Waals surface area contributed by atoms with E-state index in [4.69, 9.17) is 0 Å². The fraction of sp³-hybridized carbons (Fsp3) is 0.444. The van der Waals surface area contributed by atoms with Crippen LogP contribution in [0.3, 0.4) is 0 Å². The van der Waals surface area contributed by atoms with E-state index in [1.54, 1.807) is 0 Å². The summed E-state index contributed by atoms with van der Waals surface area (Å²) in [5.41, 5.74) is 0. The highest BCUT2D eigenvalue weighted by atomic mass is 16.2. The molecule has 0 spiro atoms. The van der Waals surface area contributed by atoms with Crippen molar-refractivity contribution in [2.45, 2.75) is 19.3 Å². The Kier molecular flexibility index (Phi) is 5.43. The van der Waals surface area contributed by atoms with Gasteiger partial charge in [0.25, 0.3) is 0 Å². The van der Waals surface area contributed by atoms with E-state index in [-0.39, 0.29) is 25.2 Å². The van der Waals surface area contributed by atoms with E-state index < -0.39 is 11.6 Å². The summed E-state index contributed by atoms with van der Waals surface area (Å²) < 4.78 is 0. The minimum absolute atomic E-state index is 0.0215. The van der Waals surface area contributed by atoms with Crippen LogP contribution in [0.5, 0.6) is 0 Å². The second-order valence-corrected chi connectivity index (χ2v) is 2.51. The molecule has 0 unspecified atom stereocenters. The zero-order chi connectivity index (χ0) is 10.3. The fourth-order valence-electron chi connectivity index (χ4n) is 0.736. The highest BCUT2D eigenvalue weighted by Crippen LogP contribution is 1.95. The van der Waals surface area contributed by atoms with Crippen molar-refractivity contribution in [3.8, 4) is 0 Å². The zero-order valence-corrected chi connectivity index (χ0v) is 7.63. The Hall–Kier alpha value is -1.45. The normalized spacial score (nSPS) is 9.00. The lowest BCUT2D eigenvalue weighted by Gasteiger charge is -1.97. The van der Waals surface area contributed by atoms with Gasteiger partial charge in [-0.1, -0.05) is 6.08 Å². The van der Waals surface area contributed by atoms with Gasteiger partial charge in [-0.05, 0) is 0 Å². The smallest absolute Gasteiger partial charge is 0.220 e. The van der Waals surface area contributed by atoms with Crippen LogP contribution in [0.2, 0.25) is 0 Å². The third kappa shape index (κ3) is 4.90. The molecule has 0 aliphatic rings. The maximum atomic E-state index is 11.0. The Bertz CT molecular complexity index is 233. The molecule has 72 valence electrons. The van der Waals surface area contributed by atoms with Crippen LogP contribution in [-0.2, 0) is 14.4 Å². The average molecular weight is 183 g/mol. The van der Waals surface area contributed by atoms with Gasteiger partial charge in [0.2, 0.25) is 11.7 Å². The molecule has 0 bridgehead atoms. The van der Waals surface area contributed by atoms with Crippen molar-refractivity contribution >= 4 is 17.5 Å². The van der Waals surface area contributed by atoms with Crippen LogP contribution in [-0.4, -0.2) is 24.5 Å². The Morgan fingerprint density at radius 1 is 1.23 bits per heavy atom. The largest absolute Gasteiger partial charge is 0.359 e. The molecule has 0 aliphatic carbocycles. The van der Waals surface area contributed by atoms with Gasteiger partial charge in [-0.3, -0.25) is 14.4 Å². The summed E-state index contributed by atoms with van der Waals surface area (Å²) >= 11 is 0. The van der Waals surface area contributed by atoms with Crippen LogP contribution in [0.4, 0.5) is 0 Å². The van der Waals surface area contributed by atoms with Gasteiger partial charge in [-0.25, -0.2) is 0 Å². The molecular weight excluding hydrogens is 170 g/mol. The summed E-state index contributed by atoms with van der Waals surface area (Å²) in [6, 6.07) is 0. The molecule has 0 atom stereocenters. The van der Waals surface area contributed by atoms with E-state index in [1.807, 2.05) is 0 Å². The predicted octanol–water partition coefficient (Wildman–Crippen LogP) is 0.227. The van der Waals surface area contributed by atoms with E-state index >= 15 is 0 Å². The third-order valence-electron chi connectivity index (χ3n) is 1.50. The summed E-state index contributed by atoms with van der Waals surface area (Å²) in [5.74, 6) is -1.23. The number of allylic oxidation sites excluding steroid dienone is 1. The van der Waals surface area contributed by atoms with Gasteiger partial charge < -0.3 is 5.32 Å². The van der Waals surface area contributed by atoms with Gasteiger partial charge in [-0.2, -0.15) is 0 Å². The first-order valence-corrected chi connectivity index (χ1v) is 3.99. The first kappa shape index (κ1) is 11.6. The van der Waals surface area contributed by atoms with E-state index in [9.17, 15) is 14.4 Å². The van der Waals surface area contributed by atoms with E-state index in [0.717, 1.165) is 0 Å². The number of amides is 1. The van der Waals surface area contributed by atoms with Crippen LogP contribution in [0.25, 0.3) is 0 Å². The van der Waals surface area contributed by atoms with Crippen molar-refractivity contribution in [1.29, 1.82) is 0 Å². The Morgan fingerprint density at radius 3 is 2.31 bits per heavy atom. The first-order valence-electron chi connectivity index (χ1n) is 3.99. The second-order valence-electron chi connectivity index (χ2n) is 2.51. The summed E-state index contributed by atoms with van der Waals surface area (Å²) in [6.07, 6.45) is 1.47. The van der Waals surface area contributed by atoms with Gasteiger partial charge in [-0.15, -0.1) is 6.58 Å². The summed E-state index contributed by atoms with van der Waals surface area (Å²) in [7, 11) is 1.48. The van der Waals surface area contributed by atoms with Crippen LogP contribution < -0.4 is 5.32 Å². The van der Waals surface area contributed by atoms with Gasteiger partial charge in [0.1, 0.15) is 0 Å². The lowest BCUT2D eigenvalue weighted by molar-refractivity contribution is -0.136. The van der Waals surface area contributed by atoms with Crippen LogP contribution in [0.15, 0.2) is 12.7 Å². The highest BCUT2D eigenvalue weighted by molar-refractivity contribution is 6.37. The predicted molar refractivity (Wildman–Crippen MR) is 48.1 cm³/mol. The van der Waals surface area contributed by atoms with E-state index in [1.165, 1.54) is 13.1 Å². The topological polar surface area (TPSA) is 63.2 Å². The van der Waals surface area contributed by atoms with Crippen molar-refractivity contribution in [2.75, 3.05) is 7.05 Å². The van der Waals surface area contributed by atoms with Gasteiger partial charge in [0.05, 0.1) is 0 Å². The van der Waals surface area contributed by atoms with Crippen molar-refractivity contribution in [3.63, 3.8) is 0 Å². The first-order chi connectivity index (χ1) is 6.11. The molecule has 1 amide bonds. The van der Waals surface area contributed by atoms with Crippen molar-refractivity contribution in [3.05, 3.63) is 12.7 Å². The molecule has 0 radical (unpaired) electrons. The maximum absolute atomic E-state index is 11.0. The highest BCUT2D eigenvalue weighted by Gasteiger charge is 2.12. The Balaban J connectivity index is 3.80. The molecule has 0 rings (SSSR count). The number of ketones is 2. The fourth-order valence-corrected chi connectivity index (χ4v) is 0.736. The molecule has 13 heavy (non-hydrogen) atoms.